The molecule has 0 fully saturated rings. The van der Waals surface area contributed by atoms with Gasteiger partial charge in [0.15, 0.2) is 0 Å². The van der Waals surface area contributed by atoms with Crippen LogP contribution in [0.3, 0.4) is 0 Å². The average Bonchev–Trinajstić information content (AvgIpc) is 3.01. The van der Waals surface area contributed by atoms with Gasteiger partial charge < -0.3 is 10.2 Å². The number of carbonyl (C=O) groups excluding carboxylic acids is 1. The minimum Gasteiger partial charge on any atom is -0.372 e. The highest BCUT2D eigenvalue weighted by Gasteiger charge is 2.22. The van der Waals surface area contributed by atoms with Crippen LogP contribution in [0.2, 0.25) is 0 Å². The Morgan fingerprint density at radius 1 is 1.04 bits per heavy atom. The van der Waals surface area contributed by atoms with Crippen LogP contribution in [0.15, 0.2) is 47.4 Å². The maximum atomic E-state index is 12.7. The molecule has 0 saturated carbocycles. The number of fused-ring (bicyclic) bond motifs is 1. The minimum absolute atomic E-state index is 0.119. The maximum Gasteiger partial charge on any atom is 0.261 e. The van der Waals surface area contributed by atoms with E-state index in [0.29, 0.717) is 16.9 Å². The molecule has 0 unspecified atom stereocenters. The highest BCUT2D eigenvalue weighted by molar-refractivity contribution is 7.92. The second-order valence-electron chi connectivity index (χ2n) is 6.68. The van der Waals surface area contributed by atoms with Crippen molar-refractivity contribution in [2.45, 2.75) is 38.0 Å². The number of hydrogen-bond donors (Lipinski definition) is 2. The summed E-state index contributed by atoms with van der Waals surface area (Å²) in [4.78, 5) is 13.9. The molecule has 144 valence electrons. The highest BCUT2D eigenvalue weighted by atomic mass is 32.2. The molecule has 3 rings (SSSR count). The van der Waals surface area contributed by atoms with E-state index in [0.717, 1.165) is 31.6 Å². The Hall–Kier alpha value is -2.54. The summed E-state index contributed by atoms with van der Waals surface area (Å²) >= 11 is 0. The zero-order valence-corrected chi connectivity index (χ0v) is 16.5. The standard InChI is InChI=1S/C20H25N3O3S/c1-3-11-23(12-4-2)17-7-5-16(6-8-17)22-27(25,26)18-9-10-19-15(13-18)14-20(24)21-19/h5-10,13,22H,3-4,11-12,14H2,1-2H3,(H,21,24). The molecule has 6 nitrogen and oxygen atoms in total. The lowest BCUT2D eigenvalue weighted by Gasteiger charge is -2.24. The number of nitrogens with zero attached hydrogens (tertiary/aromatic N) is 1. The Bertz CT molecular complexity index is 918. The molecule has 2 N–H and O–H groups in total. The summed E-state index contributed by atoms with van der Waals surface area (Å²) in [5, 5.41) is 2.70. The molecular weight excluding hydrogens is 362 g/mol. The van der Waals surface area contributed by atoms with Crippen LogP contribution in [0, 0.1) is 0 Å². The molecule has 0 radical (unpaired) electrons. The summed E-state index contributed by atoms with van der Waals surface area (Å²) < 4.78 is 28.0. The van der Waals surface area contributed by atoms with Gasteiger partial charge in [0, 0.05) is 30.2 Å². The summed E-state index contributed by atoms with van der Waals surface area (Å²) in [6.45, 7) is 6.23. The highest BCUT2D eigenvalue weighted by Crippen LogP contribution is 2.27. The molecule has 0 aromatic heterocycles. The van der Waals surface area contributed by atoms with Crippen molar-refractivity contribution in [3.8, 4) is 0 Å². The number of hydrogen-bond acceptors (Lipinski definition) is 4. The number of rotatable bonds is 8. The predicted molar refractivity (Wildman–Crippen MR) is 109 cm³/mol. The number of carbonyl (C=O) groups is 1. The van der Waals surface area contributed by atoms with Gasteiger partial charge in [0.25, 0.3) is 10.0 Å². The molecule has 2 aromatic carbocycles. The van der Waals surface area contributed by atoms with E-state index in [-0.39, 0.29) is 17.2 Å². The molecule has 0 spiro atoms. The predicted octanol–water partition coefficient (Wildman–Crippen LogP) is 3.61. The first kappa shape index (κ1) is 19.2. The molecule has 1 aliphatic rings. The van der Waals surface area contributed by atoms with Gasteiger partial charge in [0.05, 0.1) is 11.3 Å². The van der Waals surface area contributed by atoms with Crippen molar-refractivity contribution in [1.29, 1.82) is 0 Å². The van der Waals surface area contributed by atoms with Crippen LogP contribution < -0.4 is 14.9 Å². The molecule has 1 amide bonds. The van der Waals surface area contributed by atoms with Gasteiger partial charge in [-0.25, -0.2) is 8.42 Å². The normalized spacial score (nSPS) is 13.2. The fourth-order valence-corrected chi connectivity index (χ4v) is 4.35. The van der Waals surface area contributed by atoms with Crippen LogP contribution in [0.5, 0.6) is 0 Å². The zero-order chi connectivity index (χ0) is 19.4. The fraction of sp³-hybridized carbons (Fsp3) is 0.350. The first-order valence-electron chi connectivity index (χ1n) is 9.23. The van der Waals surface area contributed by atoms with Gasteiger partial charge in [-0.3, -0.25) is 9.52 Å². The van der Waals surface area contributed by atoms with Crippen LogP contribution in [-0.4, -0.2) is 27.4 Å². The van der Waals surface area contributed by atoms with Crippen molar-refractivity contribution >= 4 is 33.0 Å². The molecular formula is C20H25N3O3S. The average molecular weight is 388 g/mol. The van der Waals surface area contributed by atoms with E-state index in [1.807, 2.05) is 12.1 Å². The van der Waals surface area contributed by atoms with Gasteiger partial charge in [-0.15, -0.1) is 0 Å². The minimum atomic E-state index is -3.71. The van der Waals surface area contributed by atoms with Crippen molar-refractivity contribution in [1.82, 2.24) is 0 Å². The van der Waals surface area contributed by atoms with Gasteiger partial charge in [-0.05, 0) is 60.9 Å². The van der Waals surface area contributed by atoms with Gasteiger partial charge in [0.2, 0.25) is 5.91 Å². The van der Waals surface area contributed by atoms with E-state index in [2.05, 4.69) is 28.8 Å². The van der Waals surface area contributed by atoms with Crippen LogP contribution in [0.25, 0.3) is 0 Å². The van der Waals surface area contributed by atoms with Crippen molar-refractivity contribution in [2.24, 2.45) is 0 Å². The summed E-state index contributed by atoms with van der Waals surface area (Å²) in [6, 6.07) is 12.1. The number of anilines is 3. The molecule has 27 heavy (non-hydrogen) atoms. The third kappa shape index (κ3) is 4.42. The van der Waals surface area contributed by atoms with Crippen LogP contribution in [0.4, 0.5) is 17.1 Å². The maximum absolute atomic E-state index is 12.7. The number of benzene rings is 2. The molecule has 1 heterocycles. The van der Waals surface area contributed by atoms with E-state index in [1.165, 1.54) is 6.07 Å². The van der Waals surface area contributed by atoms with Gasteiger partial charge in [0.1, 0.15) is 0 Å². The molecule has 0 atom stereocenters. The van der Waals surface area contributed by atoms with E-state index < -0.39 is 10.0 Å². The van der Waals surface area contributed by atoms with E-state index in [1.54, 1.807) is 24.3 Å². The molecule has 1 aliphatic heterocycles. The third-order valence-electron chi connectivity index (χ3n) is 4.48. The second kappa shape index (κ2) is 8.00. The lowest BCUT2D eigenvalue weighted by atomic mass is 10.2. The Balaban J connectivity index is 1.76. The third-order valence-corrected chi connectivity index (χ3v) is 5.86. The molecule has 0 aliphatic carbocycles. The first-order chi connectivity index (χ1) is 12.9. The number of amides is 1. The topological polar surface area (TPSA) is 78.5 Å². The first-order valence-corrected chi connectivity index (χ1v) is 10.7. The van der Waals surface area contributed by atoms with Crippen molar-refractivity contribution < 1.29 is 13.2 Å². The fourth-order valence-electron chi connectivity index (χ4n) is 3.24. The SMILES string of the molecule is CCCN(CCC)c1ccc(NS(=O)(=O)c2ccc3c(c2)CC(=O)N3)cc1. The molecule has 7 heteroatoms. The lowest BCUT2D eigenvalue weighted by Crippen LogP contribution is -2.24. The zero-order valence-electron chi connectivity index (χ0n) is 15.7. The van der Waals surface area contributed by atoms with E-state index >= 15 is 0 Å². The second-order valence-corrected chi connectivity index (χ2v) is 8.37. The van der Waals surface area contributed by atoms with Crippen LogP contribution >= 0.6 is 0 Å². The Kier molecular flexibility index (Phi) is 5.70. The number of sulfonamides is 1. The Morgan fingerprint density at radius 2 is 1.70 bits per heavy atom. The van der Waals surface area contributed by atoms with E-state index in [4.69, 9.17) is 0 Å². The smallest absolute Gasteiger partial charge is 0.261 e. The van der Waals surface area contributed by atoms with Crippen LogP contribution in [-0.2, 0) is 21.2 Å². The van der Waals surface area contributed by atoms with Crippen molar-refractivity contribution in [3.05, 3.63) is 48.0 Å². The molecule has 2 aromatic rings. The van der Waals surface area contributed by atoms with Gasteiger partial charge in [-0.1, -0.05) is 13.8 Å². The summed E-state index contributed by atoms with van der Waals surface area (Å²) in [7, 11) is -3.71. The molecule has 0 bridgehead atoms. The van der Waals surface area contributed by atoms with Gasteiger partial charge in [-0.2, -0.15) is 0 Å². The summed E-state index contributed by atoms with van der Waals surface area (Å²) in [5.41, 5.74) is 2.98. The summed E-state index contributed by atoms with van der Waals surface area (Å²) in [6.07, 6.45) is 2.33. The summed E-state index contributed by atoms with van der Waals surface area (Å²) in [5.74, 6) is -0.119. The quantitative estimate of drug-likeness (QED) is 0.725. The molecule has 0 saturated heterocycles. The van der Waals surface area contributed by atoms with Crippen molar-refractivity contribution in [2.75, 3.05) is 28.0 Å². The number of nitrogens with one attached hydrogen (secondary N) is 2. The Labute approximate surface area is 160 Å². The Morgan fingerprint density at radius 3 is 2.33 bits per heavy atom. The van der Waals surface area contributed by atoms with Crippen molar-refractivity contribution in [3.63, 3.8) is 0 Å². The lowest BCUT2D eigenvalue weighted by molar-refractivity contribution is -0.115. The van der Waals surface area contributed by atoms with E-state index in [9.17, 15) is 13.2 Å². The monoisotopic (exact) mass is 387 g/mol. The van der Waals surface area contributed by atoms with Gasteiger partial charge >= 0.3 is 0 Å². The largest absolute Gasteiger partial charge is 0.372 e. The van der Waals surface area contributed by atoms with Crippen LogP contribution in [0.1, 0.15) is 32.3 Å².